The van der Waals surface area contributed by atoms with E-state index >= 15 is 0 Å². The molecule has 12 heteroatoms. The molecule has 8 N–H and O–H groups in total. The van der Waals surface area contributed by atoms with Crippen molar-refractivity contribution in [2.24, 2.45) is 11.5 Å². The molecule has 2 aromatic heterocycles. The van der Waals surface area contributed by atoms with Crippen LogP contribution in [0.1, 0.15) is 51.9 Å². The normalized spacial score (nSPS) is 13.0. The highest BCUT2D eigenvalue weighted by atomic mass is 16.4. The van der Waals surface area contributed by atoms with Gasteiger partial charge in [-0.05, 0) is 6.42 Å². The third-order valence-corrected chi connectivity index (χ3v) is 4.11. The second-order valence-electron chi connectivity index (χ2n) is 6.51. The second-order valence-corrected chi connectivity index (χ2v) is 6.51. The minimum absolute atomic E-state index is 0.0143. The Labute approximate surface area is 164 Å². The summed E-state index contributed by atoms with van der Waals surface area (Å²) in [7, 11) is 0. The minimum Gasteiger partial charge on any atom is -0.480 e. The first kappa shape index (κ1) is 21.9. The molecular formula is C17H22N6O6. The Kier molecular flexibility index (Phi) is 7.33. The van der Waals surface area contributed by atoms with Gasteiger partial charge in [0.25, 0.3) is 0 Å². The number of nitrogens with zero attached hydrogens (tertiary/aromatic N) is 2. The highest BCUT2D eigenvalue weighted by molar-refractivity contribution is 5.95. The smallest absolute Gasteiger partial charge is 0.320 e. The number of carbonyl (C=O) groups is 4. The number of H-pyrrole nitrogens is 2. The lowest BCUT2D eigenvalue weighted by Crippen LogP contribution is -2.32. The van der Waals surface area contributed by atoms with E-state index in [0.29, 0.717) is 11.4 Å². The van der Waals surface area contributed by atoms with Crippen LogP contribution < -0.4 is 11.5 Å². The van der Waals surface area contributed by atoms with Gasteiger partial charge in [0, 0.05) is 49.5 Å². The number of aromatic amines is 2. The molecule has 0 aliphatic carbocycles. The molecule has 2 heterocycles. The zero-order chi connectivity index (χ0) is 21.6. The molecule has 2 unspecified atom stereocenters. The molecule has 12 nitrogen and oxygen atoms in total. The van der Waals surface area contributed by atoms with Crippen LogP contribution in [0.25, 0.3) is 0 Å². The molecule has 0 amide bonds. The summed E-state index contributed by atoms with van der Waals surface area (Å²) in [5.41, 5.74) is 11.7. The Balaban J connectivity index is 1.81. The average Bonchev–Trinajstić information content (AvgIpc) is 3.31. The molecule has 0 saturated carbocycles. The van der Waals surface area contributed by atoms with E-state index in [4.69, 9.17) is 21.7 Å². The minimum atomic E-state index is -1.16. The fourth-order valence-electron chi connectivity index (χ4n) is 2.50. The standard InChI is InChI=1S/C17H22N6O6/c18-10(16(26)27)4-8-6-20-14(22-8)12(24)2-1-3-13(25)15-21-7-9(23-15)5-11(19)17(28)29/h6-7,10-11H,1-5,18-19H2,(H,20,22)(H,21,23)(H,26,27)(H,28,29). The number of hydrogen-bond acceptors (Lipinski definition) is 8. The molecule has 0 radical (unpaired) electrons. The van der Waals surface area contributed by atoms with Crippen molar-refractivity contribution < 1.29 is 29.4 Å². The summed E-state index contributed by atoms with van der Waals surface area (Å²) in [4.78, 5) is 59.1. The van der Waals surface area contributed by atoms with Gasteiger partial charge in [0.1, 0.15) is 12.1 Å². The van der Waals surface area contributed by atoms with Gasteiger partial charge in [-0.1, -0.05) is 0 Å². The first-order valence-electron chi connectivity index (χ1n) is 8.78. The topological polar surface area (TPSA) is 218 Å². The summed E-state index contributed by atoms with van der Waals surface area (Å²) in [6, 6.07) is -2.20. The van der Waals surface area contributed by atoms with E-state index < -0.39 is 24.0 Å². The first-order chi connectivity index (χ1) is 13.7. The van der Waals surface area contributed by atoms with E-state index in [1.807, 2.05) is 0 Å². The Morgan fingerprint density at radius 3 is 1.55 bits per heavy atom. The number of ketones is 2. The predicted molar refractivity (Wildman–Crippen MR) is 98.3 cm³/mol. The molecule has 0 aliphatic rings. The van der Waals surface area contributed by atoms with Crippen molar-refractivity contribution >= 4 is 23.5 Å². The van der Waals surface area contributed by atoms with E-state index in [2.05, 4.69) is 19.9 Å². The SMILES string of the molecule is NC(Cc1cnc(C(=O)CCCC(=O)c2ncc(CC(N)C(=O)O)[nH]2)[nH]1)C(=O)O. The number of nitrogens with one attached hydrogen (secondary N) is 2. The van der Waals surface area contributed by atoms with Crippen LogP contribution in [0, 0.1) is 0 Å². The van der Waals surface area contributed by atoms with Gasteiger partial charge in [0.05, 0.1) is 0 Å². The summed E-state index contributed by atoms with van der Waals surface area (Å²) in [6.45, 7) is 0. The van der Waals surface area contributed by atoms with Gasteiger partial charge in [-0.2, -0.15) is 0 Å². The summed E-state index contributed by atoms with van der Waals surface area (Å²) < 4.78 is 0. The van der Waals surface area contributed by atoms with Crippen molar-refractivity contribution in [3.8, 4) is 0 Å². The molecule has 0 aliphatic heterocycles. The highest BCUT2D eigenvalue weighted by Crippen LogP contribution is 2.09. The van der Waals surface area contributed by atoms with Crippen LogP contribution in [0.2, 0.25) is 0 Å². The van der Waals surface area contributed by atoms with E-state index in [9.17, 15) is 19.2 Å². The Hall–Kier alpha value is -3.38. The van der Waals surface area contributed by atoms with Crippen LogP contribution in [0.15, 0.2) is 12.4 Å². The van der Waals surface area contributed by atoms with Gasteiger partial charge in [-0.3, -0.25) is 19.2 Å². The molecule has 29 heavy (non-hydrogen) atoms. The monoisotopic (exact) mass is 406 g/mol. The van der Waals surface area contributed by atoms with Crippen LogP contribution in [-0.2, 0) is 22.4 Å². The number of hydrogen-bond donors (Lipinski definition) is 6. The van der Waals surface area contributed by atoms with Gasteiger partial charge in [-0.25, -0.2) is 9.97 Å². The van der Waals surface area contributed by atoms with Crippen molar-refractivity contribution in [3.05, 3.63) is 35.4 Å². The number of aliphatic carboxylic acids is 2. The quantitative estimate of drug-likeness (QED) is 0.243. The van der Waals surface area contributed by atoms with Crippen molar-refractivity contribution in [2.75, 3.05) is 0 Å². The van der Waals surface area contributed by atoms with E-state index in [-0.39, 0.29) is 55.3 Å². The Morgan fingerprint density at radius 1 is 0.828 bits per heavy atom. The lowest BCUT2D eigenvalue weighted by atomic mass is 10.1. The summed E-state index contributed by atoms with van der Waals surface area (Å²) in [5.74, 6) is -2.80. The van der Waals surface area contributed by atoms with Crippen LogP contribution in [0.3, 0.4) is 0 Å². The predicted octanol–water partition coefficient (Wildman–Crippen LogP) is -0.722. The van der Waals surface area contributed by atoms with Crippen LogP contribution in [0.4, 0.5) is 0 Å². The second kappa shape index (κ2) is 9.71. The number of imidazole rings is 2. The van der Waals surface area contributed by atoms with Crippen molar-refractivity contribution in [2.45, 2.75) is 44.2 Å². The van der Waals surface area contributed by atoms with Crippen LogP contribution in [0.5, 0.6) is 0 Å². The van der Waals surface area contributed by atoms with Crippen molar-refractivity contribution in [1.29, 1.82) is 0 Å². The maximum absolute atomic E-state index is 12.1. The molecule has 2 atom stereocenters. The first-order valence-corrected chi connectivity index (χ1v) is 8.78. The molecule has 156 valence electrons. The molecule has 0 aromatic carbocycles. The van der Waals surface area contributed by atoms with Gasteiger partial charge in [0.2, 0.25) is 0 Å². The highest BCUT2D eigenvalue weighted by Gasteiger charge is 2.18. The third kappa shape index (κ3) is 6.33. The van der Waals surface area contributed by atoms with E-state index in [1.54, 1.807) is 0 Å². The summed E-state index contributed by atoms with van der Waals surface area (Å²) >= 11 is 0. The molecule has 0 fully saturated rings. The molecule has 2 rings (SSSR count). The van der Waals surface area contributed by atoms with Gasteiger partial charge in [0.15, 0.2) is 23.2 Å². The average molecular weight is 406 g/mol. The number of nitrogens with two attached hydrogens (primary N) is 2. The molecule has 2 aromatic rings. The fourth-order valence-corrected chi connectivity index (χ4v) is 2.50. The summed E-state index contributed by atoms with van der Waals surface area (Å²) in [5, 5.41) is 17.6. The maximum atomic E-state index is 12.1. The zero-order valence-corrected chi connectivity index (χ0v) is 15.4. The van der Waals surface area contributed by atoms with E-state index in [1.165, 1.54) is 12.4 Å². The van der Waals surface area contributed by atoms with E-state index in [0.717, 1.165) is 0 Å². The van der Waals surface area contributed by atoms with Crippen LogP contribution in [-0.4, -0.2) is 65.7 Å². The number of carboxylic acids is 2. The largest absolute Gasteiger partial charge is 0.480 e. The van der Waals surface area contributed by atoms with Crippen molar-refractivity contribution in [1.82, 2.24) is 19.9 Å². The number of rotatable bonds is 12. The summed E-state index contributed by atoms with van der Waals surface area (Å²) in [6.07, 6.45) is 3.11. The van der Waals surface area contributed by atoms with Gasteiger partial charge >= 0.3 is 11.9 Å². The number of carboxylic acid groups (broad SMARTS) is 2. The molecule has 0 bridgehead atoms. The molecular weight excluding hydrogens is 384 g/mol. The maximum Gasteiger partial charge on any atom is 0.320 e. The number of carbonyl (C=O) groups excluding carboxylic acids is 2. The van der Waals surface area contributed by atoms with Crippen LogP contribution >= 0.6 is 0 Å². The molecule has 0 saturated heterocycles. The zero-order valence-electron chi connectivity index (χ0n) is 15.4. The number of Topliss-reactive ketones (excluding diaryl/α,β-unsaturated/α-hetero) is 2. The fraction of sp³-hybridized carbons (Fsp3) is 0.412. The van der Waals surface area contributed by atoms with Gasteiger partial charge in [-0.15, -0.1) is 0 Å². The molecule has 0 spiro atoms. The lowest BCUT2D eigenvalue weighted by Gasteiger charge is -2.03. The van der Waals surface area contributed by atoms with Crippen molar-refractivity contribution in [3.63, 3.8) is 0 Å². The Bertz CT molecular complexity index is 832. The third-order valence-electron chi connectivity index (χ3n) is 4.11. The van der Waals surface area contributed by atoms with Gasteiger partial charge < -0.3 is 31.6 Å². The number of aromatic nitrogens is 4. The lowest BCUT2D eigenvalue weighted by molar-refractivity contribution is -0.139. The Morgan fingerprint density at radius 2 is 1.21 bits per heavy atom.